The fourth-order valence-electron chi connectivity index (χ4n) is 1.92. The Morgan fingerprint density at radius 3 is 2.69 bits per heavy atom. The molecule has 0 amide bonds. The van der Waals surface area contributed by atoms with Gasteiger partial charge >= 0.3 is 0 Å². The molecule has 2 unspecified atom stereocenters. The number of benzene rings is 1. The van der Waals surface area contributed by atoms with Crippen molar-refractivity contribution in [2.24, 2.45) is 11.7 Å². The summed E-state index contributed by atoms with van der Waals surface area (Å²) in [5.41, 5.74) is 7.33. The van der Waals surface area contributed by atoms with Crippen LogP contribution < -0.4 is 5.73 Å². The lowest BCUT2D eigenvalue weighted by Gasteiger charge is -2.17. The van der Waals surface area contributed by atoms with E-state index in [2.05, 4.69) is 29.8 Å². The van der Waals surface area contributed by atoms with E-state index in [0.29, 0.717) is 5.92 Å². The lowest BCUT2D eigenvalue weighted by molar-refractivity contribution is 0.440. The van der Waals surface area contributed by atoms with Crippen LogP contribution in [0.15, 0.2) is 22.7 Å². The second-order valence-corrected chi connectivity index (χ2v) is 5.67. The van der Waals surface area contributed by atoms with E-state index in [1.165, 1.54) is 12.8 Å². The zero-order valence-electron chi connectivity index (χ0n) is 9.84. The van der Waals surface area contributed by atoms with Gasteiger partial charge in [-0.15, -0.1) is 0 Å². The van der Waals surface area contributed by atoms with Crippen molar-refractivity contribution < 1.29 is 0 Å². The first kappa shape index (κ1) is 14.0. The number of rotatable bonds is 5. The summed E-state index contributed by atoms with van der Waals surface area (Å²) in [6, 6.07) is 6.03. The van der Waals surface area contributed by atoms with E-state index in [0.717, 1.165) is 21.5 Å². The molecule has 2 atom stereocenters. The van der Waals surface area contributed by atoms with Crippen molar-refractivity contribution in [2.45, 2.75) is 39.2 Å². The molecule has 1 nitrogen and oxygen atoms in total. The summed E-state index contributed by atoms with van der Waals surface area (Å²) in [5, 5.41) is 0.734. The second kappa shape index (κ2) is 6.63. The average Bonchev–Trinajstić information content (AvgIpc) is 2.22. The van der Waals surface area contributed by atoms with E-state index in [9.17, 15) is 0 Å². The van der Waals surface area contributed by atoms with Gasteiger partial charge in [0.25, 0.3) is 0 Å². The Bertz CT molecular complexity index is 341. The largest absolute Gasteiger partial charge is 0.324 e. The monoisotopic (exact) mass is 303 g/mol. The highest BCUT2D eigenvalue weighted by Gasteiger charge is 2.11. The Balaban J connectivity index is 2.65. The molecule has 16 heavy (non-hydrogen) atoms. The fraction of sp³-hybridized carbons (Fsp3) is 0.538. The van der Waals surface area contributed by atoms with Gasteiger partial charge in [-0.3, -0.25) is 0 Å². The number of nitrogens with two attached hydrogens (primary N) is 1. The Kier molecular flexibility index (Phi) is 5.81. The van der Waals surface area contributed by atoms with Gasteiger partial charge in [-0.25, -0.2) is 0 Å². The maximum Gasteiger partial charge on any atom is 0.0548 e. The van der Waals surface area contributed by atoms with Crippen LogP contribution in [0.4, 0.5) is 0 Å². The summed E-state index contributed by atoms with van der Waals surface area (Å²) in [6.07, 6.45) is 3.49. The van der Waals surface area contributed by atoms with E-state index >= 15 is 0 Å². The summed E-state index contributed by atoms with van der Waals surface area (Å²) in [4.78, 5) is 0. The van der Waals surface area contributed by atoms with Crippen molar-refractivity contribution in [1.29, 1.82) is 0 Å². The predicted octanol–water partition coefficient (Wildman–Crippen LogP) is 4.93. The van der Waals surface area contributed by atoms with Gasteiger partial charge in [-0.1, -0.05) is 44.4 Å². The smallest absolute Gasteiger partial charge is 0.0548 e. The summed E-state index contributed by atoms with van der Waals surface area (Å²) < 4.78 is 0.922. The number of halogens is 2. The van der Waals surface area contributed by atoms with Crippen LogP contribution >= 0.6 is 27.5 Å². The van der Waals surface area contributed by atoms with Crippen LogP contribution in [0.3, 0.4) is 0 Å². The minimum atomic E-state index is 0.107. The molecule has 0 fully saturated rings. The van der Waals surface area contributed by atoms with E-state index in [1.807, 2.05) is 18.2 Å². The summed E-state index contributed by atoms with van der Waals surface area (Å²) in [5.74, 6) is 0.675. The topological polar surface area (TPSA) is 26.0 Å². The minimum Gasteiger partial charge on any atom is -0.324 e. The van der Waals surface area contributed by atoms with Crippen molar-refractivity contribution in [2.75, 3.05) is 0 Å². The molecule has 0 aliphatic rings. The average molecular weight is 305 g/mol. The van der Waals surface area contributed by atoms with Crippen LogP contribution in [0, 0.1) is 5.92 Å². The van der Waals surface area contributed by atoms with Gasteiger partial charge in [-0.2, -0.15) is 0 Å². The molecule has 0 radical (unpaired) electrons. The second-order valence-electron chi connectivity index (χ2n) is 4.41. The summed E-state index contributed by atoms with van der Waals surface area (Å²) in [7, 11) is 0. The molecule has 1 aromatic rings. The van der Waals surface area contributed by atoms with Gasteiger partial charge < -0.3 is 5.73 Å². The van der Waals surface area contributed by atoms with Crippen LogP contribution in [-0.2, 0) is 0 Å². The van der Waals surface area contributed by atoms with Crippen LogP contribution in [0.2, 0.25) is 5.02 Å². The molecule has 90 valence electrons. The standard InChI is InChI=1S/C13H19BrClN/c1-3-4-9(2)7-13(16)10-5-6-12(15)11(14)8-10/h5-6,8-9,13H,3-4,7,16H2,1-2H3. The lowest BCUT2D eigenvalue weighted by atomic mass is 9.94. The zero-order chi connectivity index (χ0) is 12.1. The number of hydrogen-bond acceptors (Lipinski definition) is 1. The van der Waals surface area contributed by atoms with E-state index in [1.54, 1.807) is 0 Å². The molecule has 2 N–H and O–H groups in total. The SMILES string of the molecule is CCCC(C)CC(N)c1ccc(Cl)c(Br)c1. The Hall–Kier alpha value is -0.0500. The normalized spacial score (nSPS) is 14.8. The highest BCUT2D eigenvalue weighted by atomic mass is 79.9. The Labute approximate surface area is 111 Å². The first-order valence-electron chi connectivity index (χ1n) is 5.75. The lowest BCUT2D eigenvalue weighted by Crippen LogP contribution is -2.14. The van der Waals surface area contributed by atoms with E-state index < -0.39 is 0 Å². The van der Waals surface area contributed by atoms with Gasteiger partial charge in [0, 0.05) is 10.5 Å². The third-order valence-electron chi connectivity index (χ3n) is 2.81. The van der Waals surface area contributed by atoms with E-state index in [4.69, 9.17) is 17.3 Å². The summed E-state index contributed by atoms with van der Waals surface area (Å²) >= 11 is 9.38. The maximum absolute atomic E-state index is 6.18. The first-order valence-corrected chi connectivity index (χ1v) is 6.92. The van der Waals surface area contributed by atoms with Gasteiger partial charge in [-0.05, 0) is 46.0 Å². The van der Waals surface area contributed by atoms with Gasteiger partial charge in [0.2, 0.25) is 0 Å². The minimum absolute atomic E-state index is 0.107. The van der Waals surface area contributed by atoms with Crippen molar-refractivity contribution in [3.05, 3.63) is 33.3 Å². The van der Waals surface area contributed by atoms with Crippen molar-refractivity contribution >= 4 is 27.5 Å². The quantitative estimate of drug-likeness (QED) is 0.820. The molecule has 0 heterocycles. The molecule has 0 aliphatic carbocycles. The summed E-state index contributed by atoms with van der Waals surface area (Å²) in [6.45, 7) is 4.47. The van der Waals surface area contributed by atoms with Crippen LogP contribution in [0.25, 0.3) is 0 Å². The molecule has 0 saturated carbocycles. The van der Waals surface area contributed by atoms with Crippen molar-refractivity contribution in [3.63, 3.8) is 0 Å². The van der Waals surface area contributed by atoms with Crippen LogP contribution in [0.1, 0.15) is 44.7 Å². The maximum atomic E-state index is 6.18. The molecule has 3 heteroatoms. The molecule has 0 saturated heterocycles. The molecule has 1 aromatic carbocycles. The van der Waals surface area contributed by atoms with E-state index in [-0.39, 0.29) is 6.04 Å². The third-order valence-corrected chi connectivity index (χ3v) is 4.02. The first-order chi connectivity index (χ1) is 7.54. The molecule has 0 spiro atoms. The Morgan fingerprint density at radius 1 is 1.44 bits per heavy atom. The third kappa shape index (κ3) is 4.08. The zero-order valence-corrected chi connectivity index (χ0v) is 12.2. The molecular formula is C13H19BrClN. The highest BCUT2D eigenvalue weighted by Crippen LogP contribution is 2.28. The van der Waals surface area contributed by atoms with Crippen LogP contribution in [0.5, 0.6) is 0 Å². The van der Waals surface area contributed by atoms with Crippen molar-refractivity contribution in [1.82, 2.24) is 0 Å². The van der Waals surface area contributed by atoms with Gasteiger partial charge in [0.05, 0.1) is 5.02 Å². The predicted molar refractivity (Wildman–Crippen MR) is 74.8 cm³/mol. The van der Waals surface area contributed by atoms with Crippen molar-refractivity contribution in [3.8, 4) is 0 Å². The molecule has 0 aromatic heterocycles. The number of hydrogen-bond donors (Lipinski definition) is 1. The van der Waals surface area contributed by atoms with Gasteiger partial charge in [0.15, 0.2) is 0 Å². The fourth-order valence-corrected chi connectivity index (χ4v) is 2.44. The molecular weight excluding hydrogens is 286 g/mol. The molecule has 0 bridgehead atoms. The van der Waals surface area contributed by atoms with Gasteiger partial charge in [0.1, 0.15) is 0 Å². The molecule has 0 aliphatic heterocycles. The van der Waals surface area contributed by atoms with Crippen LogP contribution in [-0.4, -0.2) is 0 Å². The highest BCUT2D eigenvalue weighted by molar-refractivity contribution is 9.10. The molecule has 1 rings (SSSR count). The Morgan fingerprint density at radius 2 is 2.12 bits per heavy atom.